The van der Waals surface area contributed by atoms with Crippen molar-refractivity contribution >= 4 is 6.09 Å². The second kappa shape index (κ2) is 5.69. The summed E-state index contributed by atoms with van der Waals surface area (Å²) in [5.74, 6) is 0. The maximum absolute atomic E-state index is 12.0. The van der Waals surface area contributed by atoms with Crippen LogP contribution in [-0.4, -0.2) is 27.7 Å². The molecule has 102 valence electrons. The van der Waals surface area contributed by atoms with Crippen LogP contribution in [0, 0.1) is 0 Å². The van der Waals surface area contributed by atoms with E-state index in [1.165, 1.54) is 0 Å². The van der Waals surface area contributed by atoms with E-state index < -0.39 is 0 Å². The number of aromatic nitrogens is 2. The fourth-order valence-electron chi connectivity index (χ4n) is 2.21. The van der Waals surface area contributed by atoms with Crippen molar-refractivity contribution in [3.05, 3.63) is 59.9 Å². The molecule has 1 atom stereocenters. The first-order chi connectivity index (χ1) is 9.84. The number of hydrogen-bond acceptors (Lipinski definition) is 4. The summed E-state index contributed by atoms with van der Waals surface area (Å²) >= 11 is 0. The van der Waals surface area contributed by atoms with E-state index in [1.54, 1.807) is 11.1 Å². The average Bonchev–Trinajstić information content (AvgIpc) is 2.46. The maximum Gasteiger partial charge on any atom is 0.410 e. The topological polar surface area (TPSA) is 55.3 Å². The lowest BCUT2D eigenvalue weighted by Gasteiger charge is -2.39. The van der Waals surface area contributed by atoms with E-state index in [4.69, 9.17) is 4.74 Å². The predicted octanol–water partition coefficient (Wildman–Crippen LogP) is 2.56. The highest BCUT2D eigenvalue weighted by Crippen LogP contribution is 2.32. The predicted molar refractivity (Wildman–Crippen MR) is 72.7 cm³/mol. The molecule has 20 heavy (non-hydrogen) atoms. The minimum absolute atomic E-state index is 0.00743. The van der Waals surface area contributed by atoms with Gasteiger partial charge in [-0.25, -0.2) is 4.79 Å². The first kappa shape index (κ1) is 12.6. The summed E-state index contributed by atoms with van der Waals surface area (Å²) < 4.78 is 5.32. The molecule has 2 heterocycles. The first-order valence-electron chi connectivity index (χ1n) is 6.59. The van der Waals surface area contributed by atoms with Crippen molar-refractivity contribution in [3.63, 3.8) is 0 Å². The molecule has 1 aromatic heterocycles. The number of hydrogen-bond donors (Lipinski definition) is 0. The Morgan fingerprint density at radius 3 is 2.75 bits per heavy atom. The number of carbonyl (C=O) groups excluding carboxylic acids is 1. The van der Waals surface area contributed by atoms with Gasteiger partial charge in [0.15, 0.2) is 0 Å². The minimum Gasteiger partial charge on any atom is -0.445 e. The normalized spacial score (nSPS) is 17.4. The van der Waals surface area contributed by atoms with Gasteiger partial charge in [-0.15, -0.1) is 0 Å². The molecule has 1 fully saturated rings. The van der Waals surface area contributed by atoms with Crippen molar-refractivity contribution in [1.29, 1.82) is 0 Å². The Morgan fingerprint density at radius 2 is 2.10 bits per heavy atom. The third-order valence-electron chi connectivity index (χ3n) is 3.39. The van der Waals surface area contributed by atoms with Crippen LogP contribution in [0.5, 0.6) is 0 Å². The number of amides is 1. The molecule has 1 unspecified atom stereocenters. The molecular weight excluding hydrogens is 254 g/mol. The van der Waals surface area contributed by atoms with Gasteiger partial charge in [0.05, 0.1) is 11.7 Å². The van der Waals surface area contributed by atoms with Crippen LogP contribution in [0.2, 0.25) is 0 Å². The van der Waals surface area contributed by atoms with E-state index in [1.807, 2.05) is 42.5 Å². The van der Waals surface area contributed by atoms with Crippen LogP contribution in [0.1, 0.15) is 23.7 Å². The van der Waals surface area contributed by atoms with E-state index in [9.17, 15) is 4.79 Å². The van der Waals surface area contributed by atoms with Crippen molar-refractivity contribution in [1.82, 2.24) is 15.1 Å². The largest absolute Gasteiger partial charge is 0.445 e. The van der Waals surface area contributed by atoms with Crippen LogP contribution in [-0.2, 0) is 11.3 Å². The van der Waals surface area contributed by atoms with Gasteiger partial charge >= 0.3 is 6.09 Å². The zero-order valence-corrected chi connectivity index (χ0v) is 11.0. The van der Waals surface area contributed by atoms with Gasteiger partial charge in [0, 0.05) is 12.7 Å². The van der Waals surface area contributed by atoms with Crippen molar-refractivity contribution in [2.75, 3.05) is 6.54 Å². The van der Waals surface area contributed by atoms with Crippen molar-refractivity contribution in [2.45, 2.75) is 19.1 Å². The van der Waals surface area contributed by atoms with Crippen LogP contribution < -0.4 is 0 Å². The second-order valence-electron chi connectivity index (χ2n) is 4.69. The lowest BCUT2D eigenvalue weighted by molar-refractivity contribution is 0.0416. The van der Waals surface area contributed by atoms with Crippen LogP contribution in [0.4, 0.5) is 4.79 Å². The number of carbonyl (C=O) groups is 1. The van der Waals surface area contributed by atoms with Crippen molar-refractivity contribution < 1.29 is 9.53 Å². The zero-order chi connectivity index (χ0) is 13.8. The quantitative estimate of drug-likeness (QED) is 0.859. The standard InChI is InChI=1S/C15H15N3O2/c19-15(20-11-12-5-2-1-3-6-12)18-10-8-14(18)13-7-4-9-16-17-13/h1-7,9,14H,8,10-11H2. The molecule has 5 heteroatoms. The summed E-state index contributed by atoms with van der Waals surface area (Å²) in [6.45, 7) is 0.998. The van der Waals surface area contributed by atoms with Crippen molar-refractivity contribution in [2.24, 2.45) is 0 Å². The van der Waals surface area contributed by atoms with E-state index in [-0.39, 0.29) is 12.1 Å². The van der Waals surface area contributed by atoms with Crippen LogP contribution in [0.15, 0.2) is 48.7 Å². The average molecular weight is 269 g/mol. The molecule has 0 saturated carbocycles. The number of nitrogens with zero attached hydrogens (tertiary/aromatic N) is 3. The molecule has 2 aromatic rings. The Hall–Kier alpha value is -2.43. The smallest absolute Gasteiger partial charge is 0.410 e. The zero-order valence-electron chi connectivity index (χ0n) is 11.0. The lowest BCUT2D eigenvalue weighted by Crippen LogP contribution is -2.45. The summed E-state index contributed by atoms with van der Waals surface area (Å²) in [7, 11) is 0. The summed E-state index contributed by atoms with van der Waals surface area (Å²) in [4.78, 5) is 13.7. The monoisotopic (exact) mass is 269 g/mol. The number of benzene rings is 1. The number of likely N-dealkylation sites (tertiary alicyclic amines) is 1. The third-order valence-corrected chi connectivity index (χ3v) is 3.39. The van der Waals surface area contributed by atoms with Gasteiger partial charge in [-0.3, -0.25) is 4.90 Å². The van der Waals surface area contributed by atoms with E-state index in [2.05, 4.69) is 10.2 Å². The van der Waals surface area contributed by atoms with Gasteiger partial charge in [-0.2, -0.15) is 10.2 Å². The number of rotatable bonds is 3. The molecule has 1 saturated heterocycles. The SMILES string of the molecule is O=C(OCc1ccccc1)N1CCC1c1cccnn1. The highest BCUT2D eigenvalue weighted by molar-refractivity contribution is 5.69. The second-order valence-corrected chi connectivity index (χ2v) is 4.69. The Morgan fingerprint density at radius 1 is 1.25 bits per heavy atom. The molecule has 0 bridgehead atoms. The van der Waals surface area contributed by atoms with Gasteiger partial charge in [0.25, 0.3) is 0 Å². The van der Waals surface area contributed by atoms with Crippen molar-refractivity contribution in [3.8, 4) is 0 Å². The summed E-state index contributed by atoms with van der Waals surface area (Å²) in [6, 6.07) is 13.4. The first-order valence-corrected chi connectivity index (χ1v) is 6.59. The number of ether oxygens (including phenoxy) is 1. The van der Waals surface area contributed by atoms with Gasteiger partial charge in [-0.1, -0.05) is 30.3 Å². The molecule has 1 aliphatic rings. The van der Waals surface area contributed by atoms with Crippen LogP contribution >= 0.6 is 0 Å². The van der Waals surface area contributed by atoms with E-state index >= 15 is 0 Å². The fourth-order valence-corrected chi connectivity index (χ4v) is 2.21. The molecule has 1 aliphatic heterocycles. The Bertz CT molecular complexity index is 574. The molecule has 0 spiro atoms. The Labute approximate surface area is 117 Å². The van der Waals surface area contributed by atoms with Crippen LogP contribution in [0.3, 0.4) is 0 Å². The van der Waals surface area contributed by atoms with Gasteiger partial charge in [0.1, 0.15) is 6.61 Å². The molecule has 5 nitrogen and oxygen atoms in total. The lowest BCUT2D eigenvalue weighted by atomic mass is 10.0. The molecular formula is C15H15N3O2. The molecule has 0 aliphatic carbocycles. The van der Waals surface area contributed by atoms with Gasteiger partial charge < -0.3 is 4.74 Å². The molecule has 3 rings (SSSR count). The minimum atomic E-state index is -0.296. The highest BCUT2D eigenvalue weighted by atomic mass is 16.6. The Kier molecular flexibility index (Phi) is 3.58. The summed E-state index contributed by atoms with van der Waals surface area (Å²) in [6.07, 6.45) is 2.23. The maximum atomic E-state index is 12.0. The fraction of sp³-hybridized carbons (Fsp3) is 0.267. The third kappa shape index (κ3) is 2.61. The van der Waals surface area contributed by atoms with Gasteiger partial charge in [-0.05, 0) is 24.1 Å². The molecule has 0 N–H and O–H groups in total. The molecule has 1 amide bonds. The Balaban J connectivity index is 1.58. The molecule has 0 radical (unpaired) electrons. The highest BCUT2D eigenvalue weighted by Gasteiger charge is 2.35. The summed E-state index contributed by atoms with van der Waals surface area (Å²) in [5.41, 5.74) is 1.80. The van der Waals surface area contributed by atoms with Crippen LogP contribution in [0.25, 0.3) is 0 Å². The van der Waals surface area contributed by atoms with E-state index in [0.29, 0.717) is 13.2 Å². The van der Waals surface area contributed by atoms with Gasteiger partial charge in [0.2, 0.25) is 0 Å². The molecule has 1 aromatic carbocycles. The summed E-state index contributed by atoms with van der Waals surface area (Å²) in [5, 5.41) is 7.90. The van der Waals surface area contributed by atoms with E-state index in [0.717, 1.165) is 17.7 Å².